The summed E-state index contributed by atoms with van der Waals surface area (Å²) in [6, 6.07) is 19.5. The van der Waals surface area contributed by atoms with Gasteiger partial charge in [-0.05, 0) is 48.9 Å². The van der Waals surface area contributed by atoms with Crippen molar-refractivity contribution in [3.05, 3.63) is 100.0 Å². The number of ether oxygens (including phenoxy) is 1. The van der Waals surface area contributed by atoms with Crippen molar-refractivity contribution in [2.24, 2.45) is 0 Å². The van der Waals surface area contributed by atoms with Crippen molar-refractivity contribution < 1.29 is 18.3 Å². The first-order chi connectivity index (χ1) is 14.0. The molecule has 0 amide bonds. The van der Waals surface area contributed by atoms with Crippen LogP contribution in [0.15, 0.2) is 82.0 Å². The number of carbonyl (C=O) groups is 1. The van der Waals surface area contributed by atoms with Gasteiger partial charge >= 0.3 is 0 Å². The number of halogens is 1. The largest absolute Gasteiger partial charge is 0.478 e. The fourth-order valence-electron chi connectivity index (χ4n) is 3.05. The van der Waals surface area contributed by atoms with Gasteiger partial charge in [-0.3, -0.25) is 9.59 Å². The molecule has 0 radical (unpaired) electrons. The molecule has 144 valence electrons. The molecule has 1 aromatic heterocycles. The van der Waals surface area contributed by atoms with E-state index in [4.69, 9.17) is 9.15 Å². The van der Waals surface area contributed by atoms with Crippen molar-refractivity contribution in [1.29, 1.82) is 0 Å². The molecular weight excluding hydrogens is 371 g/mol. The molecule has 0 N–H and O–H groups in total. The highest BCUT2D eigenvalue weighted by Gasteiger charge is 2.19. The molecule has 0 aliphatic rings. The van der Waals surface area contributed by atoms with Crippen LogP contribution in [-0.4, -0.2) is 12.4 Å². The molecule has 4 aromatic rings. The van der Waals surface area contributed by atoms with Gasteiger partial charge in [0.15, 0.2) is 18.2 Å². The molecule has 0 bridgehead atoms. The maximum Gasteiger partial charge on any atom is 0.235 e. The van der Waals surface area contributed by atoms with Gasteiger partial charge in [0.1, 0.15) is 11.4 Å². The highest BCUT2D eigenvalue weighted by molar-refractivity contribution is 5.97. The lowest BCUT2D eigenvalue weighted by molar-refractivity contribution is 0.0920. The molecule has 5 heteroatoms. The maximum atomic E-state index is 13.1. The summed E-state index contributed by atoms with van der Waals surface area (Å²) < 4.78 is 24.7. The first-order valence-electron chi connectivity index (χ1n) is 9.07. The van der Waals surface area contributed by atoms with E-state index < -0.39 is 5.82 Å². The van der Waals surface area contributed by atoms with Crippen LogP contribution in [0, 0.1) is 12.7 Å². The molecule has 0 aliphatic carbocycles. The third kappa shape index (κ3) is 3.80. The molecule has 0 fully saturated rings. The normalized spacial score (nSPS) is 10.8. The molecule has 0 saturated heterocycles. The lowest BCUT2D eigenvalue weighted by Crippen LogP contribution is -2.17. The minimum Gasteiger partial charge on any atom is -0.478 e. The summed E-state index contributed by atoms with van der Waals surface area (Å²) in [5, 5.41) is 0.375. The number of ketones is 1. The van der Waals surface area contributed by atoms with Gasteiger partial charge in [0.05, 0.1) is 5.39 Å². The van der Waals surface area contributed by atoms with Crippen LogP contribution in [0.5, 0.6) is 5.75 Å². The number of rotatable bonds is 5. The average Bonchev–Trinajstić information content (AvgIpc) is 2.73. The monoisotopic (exact) mass is 388 g/mol. The second-order valence-corrected chi connectivity index (χ2v) is 6.67. The van der Waals surface area contributed by atoms with E-state index in [0.29, 0.717) is 22.1 Å². The summed E-state index contributed by atoms with van der Waals surface area (Å²) in [6.07, 6.45) is 0. The summed E-state index contributed by atoms with van der Waals surface area (Å²) in [6.45, 7) is 1.54. The Morgan fingerprint density at radius 2 is 1.72 bits per heavy atom. The van der Waals surface area contributed by atoms with Crippen LogP contribution in [0.1, 0.15) is 15.9 Å². The zero-order valence-corrected chi connectivity index (χ0v) is 15.6. The molecule has 3 aromatic carbocycles. The van der Waals surface area contributed by atoms with Crippen LogP contribution in [0.2, 0.25) is 0 Å². The highest BCUT2D eigenvalue weighted by Crippen LogP contribution is 2.31. The smallest absolute Gasteiger partial charge is 0.235 e. The maximum absolute atomic E-state index is 13.1. The van der Waals surface area contributed by atoms with Crippen molar-refractivity contribution in [3.63, 3.8) is 0 Å². The van der Waals surface area contributed by atoms with Gasteiger partial charge < -0.3 is 9.15 Å². The topological polar surface area (TPSA) is 56.5 Å². The van der Waals surface area contributed by atoms with Gasteiger partial charge in [-0.2, -0.15) is 0 Å². The summed E-state index contributed by atoms with van der Waals surface area (Å²) in [4.78, 5) is 25.5. The summed E-state index contributed by atoms with van der Waals surface area (Å²) in [5.41, 5.74) is 2.02. The van der Waals surface area contributed by atoms with Crippen LogP contribution in [-0.2, 0) is 0 Å². The Labute approximate surface area is 166 Å². The first kappa shape index (κ1) is 18.6. The minimum atomic E-state index is -0.431. The average molecular weight is 388 g/mol. The third-order valence-corrected chi connectivity index (χ3v) is 4.56. The zero-order valence-electron chi connectivity index (χ0n) is 15.6. The van der Waals surface area contributed by atoms with E-state index in [1.165, 1.54) is 24.3 Å². The Bertz CT molecular complexity index is 1240. The van der Waals surface area contributed by atoms with Crippen LogP contribution in [0.3, 0.4) is 0 Å². The van der Waals surface area contributed by atoms with Crippen molar-refractivity contribution in [2.45, 2.75) is 6.92 Å². The number of benzene rings is 3. The number of fused-ring (bicyclic) bond motifs is 1. The second-order valence-electron chi connectivity index (χ2n) is 6.67. The summed E-state index contributed by atoms with van der Waals surface area (Å²) in [7, 11) is 0. The fourth-order valence-corrected chi connectivity index (χ4v) is 3.05. The Kier molecular flexibility index (Phi) is 4.96. The third-order valence-electron chi connectivity index (χ3n) is 4.56. The highest BCUT2D eigenvalue weighted by atomic mass is 19.1. The van der Waals surface area contributed by atoms with E-state index in [1.807, 2.05) is 31.2 Å². The molecular formula is C24H17FO4. The summed E-state index contributed by atoms with van der Waals surface area (Å²) in [5.74, 6) is -0.560. The molecule has 4 nitrogen and oxygen atoms in total. The zero-order chi connectivity index (χ0) is 20.4. The molecule has 29 heavy (non-hydrogen) atoms. The Morgan fingerprint density at radius 1 is 1.00 bits per heavy atom. The van der Waals surface area contributed by atoms with Crippen LogP contribution in [0.25, 0.3) is 22.3 Å². The fraction of sp³-hybridized carbons (Fsp3) is 0.0833. The molecule has 1 heterocycles. The van der Waals surface area contributed by atoms with E-state index >= 15 is 0 Å². The summed E-state index contributed by atoms with van der Waals surface area (Å²) >= 11 is 0. The molecule has 0 unspecified atom stereocenters. The van der Waals surface area contributed by atoms with Gasteiger partial charge in [-0.25, -0.2) is 4.39 Å². The number of aryl methyl sites for hydroxylation is 1. The van der Waals surface area contributed by atoms with Crippen molar-refractivity contribution in [2.75, 3.05) is 6.61 Å². The second kappa shape index (κ2) is 7.72. The lowest BCUT2D eigenvalue weighted by atomic mass is 10.1. The standard InChI is InChI=1S/C24H17FO4/c1-15-7-12-19-21(13-15)29-23(17-5-3-2-4-6-17)24(22(19)27)28-14-20(26)16-8-10-18(25)11-9-16/h2-13H,14H2,1H3. The van der Waals surface area contributed by atoms with E-state index in [1.54, 1.807) is 24.3 Å². The van der Waals surface area contributed by atoms with E-state index in [0.717, 1.165) is 5.56 Å². The lowest BCUT2D eigenvalue weighted by Gasteiger charge is -2.12. The first-order valence-corrected chi connectivity index (χ1v) is 9.07. The molecule has 4 rings (SSSR count). The number of carbonyl (C=O) groups excluding carboxylic acids is 1. The van der Waals surface area contributed by atoms with Crippen molar-refractivity contribution in [1.82, 2.24) is 0 Å². The predicted octanol–water partition coefficient (Wildman–Crippen LogP) is 5.17. The molecule has 0 saturated carbocycles. The van der Waals surface area contributed by atoms with Crippen LogP contribution >= 0.6 is 0 Å². The molecule has 0 spiro atoms. The van der Waals surface area contributed by atoms with Gasteiger partial charge in [0.2, 0.25) is 11.2 Å². The van der Waals surface area contributed by atoms with E-state index in [2.05, 4.69) is 0 Å². The minimum absolute atomic E-state index is 0.0250. The van der Waals surface area contributed by atoms with E-state index in [9.17, 15) is 14.0 Å². The van der Waals surface area contributed by atoms with Crippen LogP contribution < -0.4 is 10.2 Å². The molecule has 0 aliphatic heterocycles. The van der Waals surface area contributed by atoms with Gasteiger partial charge in [0.25, 0.3) is 0 Å². The van der Waals surface area contributed by atoms with E-state index in [-0.39, 0.29) is 29.3 Å². The predicted molar refractivity (Wildman–Crippen MR) is 109 cm³/mol. The quantitative estimate of drug-likeness (QED) is 0.443. The van der Waals surface area contributed by atoms with Gasteiger partial charge in [-0.15, -0.1) is 0 Å². The van der Waals surface area contributed by atoms with Gasteiger partial charge in [0, 0.05) is 11.1 Å². The Balaban J connectivity index is 1.76. The Morgan fingerprint density at radius 3 is 2.45 bits per heavy atom. The number of hydrogen-bond acceptors (Lipinski definition) is 4. The van der Waals surface area contributed by atoms with Crippen molar-refractivity contribution in [3.8, 4) is 17.1 Å². The van der Waals surface area contributed by atoms with Crippen LogP contribution in [0.4, 0.5) is 4.39 Å². The number of Topliss-reactive ketones (excluding diaryl/α,β-unsaturated/α-hetero) is 1. The number of hydrogen-bond donors (Lipinski definition) is 0. The Hall–Kier alpha value is -3.73. The molecule has 0 atom stereocenters. The van der Waals surface area contributed by atoms with Crippen molar-refractivity contribution >= 4 is 16.8 Å². The SMILES string of the molecule is Cc1ccc2c(=O)c(OCC(=O)c3ccc(F)cc3)c(-c3ccccc3)oc2c1. The van der Waals surface area contributed by atoms with Gasteiger partial charge in [-0.1, -0.05) is 36.4 Å².